The van der Waals surface area contributed by atoms with Gasteiger partial charge in [-0.25, -0.2) is 0 Å². The van der Waals surface area contributed by atoms with Gasteiger partial charge in [-0.3, -0.25) is 0 Å². The highest BCUT2D eigenvalue weighted by atomic mass is 15.1. The first kappa shape index (κ1) is 25.1. The van der Waals surface area contributed by atoms with Crippen LogP contribution >= 0.6 is 0 Å². The van der Waals surface area contributed by atoms with E-state index in [4.69, 9.17) is 0 Å². The molecule has 9 rings (SSSR count). The summed E-state index contributed by atoms with van der Waals surface area (Å²) in [5.41, 5.74) is 8.96. The molecule has 1 nitrogen and oxygen atoms in total. The largest absolute Gasteiger partial charge is 0.310 e. The third-order valence-electron chi connectivity index (χ3n) is 9.74. The van der Waals surface area contributed by atoms with Crippen LogP contribution in [0.5, 0.6) is 0 Å². The molecule has 208 valence electrons. The third-order valence-corrected chi connectivity index (χ3v) is 9.74. The summed E-state index contributed by atoms with van der Waals surface area (Å²) in [6.07, 6.45) is 0. The van der Waals surface area contributed by atoms with E-state index >= 15 is 0 Å². The lowest BCUT2D eigenvalue weighted by atomic mass is 9.80. The van der Waals surface area contributed by atoms with Crippen molar-refractivity contribution in [3.05, 3.63) is 163 Å². The molecule has 0 saturated heterocycles. The molecule has 0 amide bonds. The second-order valence-electron chi connectivity index (χ2n) is 12.6. The minimum absolute atomic E-state index is 0.0912. The van der Waals surface area contributed by atoms with Crippen LogP contribution in [0.15, 0.2) is 152 Å². The summed E-state index contributed by atoms with van der Waals surface area (Å²) in [5, 5.41) is 10.2. The molecular weight excluding hydrogens is 530 g/mol. The van der Waals surface area contributed by atoms with Gasteiger partial charge in [0.1, 0.15) is 0 Å². The van der Waals surface area contributed by atoms with Crippen LogP contribution in [0.2, 0.25) is 0 Å². The summed E-state index contributed by atoms with van der Waals surface area (Å²) in [4.78, 5) is 2.40. The first-order chi connectivity index (χ1) is 21.6. The number of rotatable bonds is 3. The Bertz CT molecular complexity index is 2350. The van der Waals surface area contributed by atoms with Crippen molar-refractivity contribution in [2.75, 3.05) is 4.90 Å². The number of benzene rings is 8. The fraction of sp³-hybridized carbons (Fsp3) is 0.0698. The van der Waals surface area contributed by atoms with Crippen molar-refractivity contribution in [2.45, 2.75) is 19.3 Å². The van der Waals surface area contributed by atoms with Crippen molar-refractivity contribution >= 4 is 60.2 Å². The van der Waals surface area contributed by atoms with E-state index in [1.54, 1.807) is 0 Å². The molecule has 0 fully saturated rings. The SMILES string of the molecule is CC1(C)c2ccc3ccccc3c2-c2ccc3cc(N(c4ccc5ccccc5c4)c4ccc5ccccc5c4)ccc3c21. The molecule has 0 bridgehead atoms. The van der Waals surface area contributed by atoms with Gasteiger partial charge in [-0.05, 0) is 102 Å². The van der Waals surface area contributed by atoms with Gasteiger partial charge in [-0.1, -0.05) is 129 Å². The molecule has 0 unspecified atom stereocenters. The molecule has 1 aliphatic rings. The molecule has 1 heteroatoms. The van der Waals surface area contributed by atoms with Gasteiger partial charge in [0.15, 0.2) is 0 Å². The number of hydrogen-bond acceptors (Lipinski definition) is 1. The highest BCUT2D eigenvalue weighted by Gasteiger charge is 2.37. The van der Waals surface area contributed by atoms with Crippen LogP contribution in [-0.4, -0.2) is 0 Å². The zero-order chi connectivity index (χ0) is 29.4. The second kappa shape index (κ2) is 9.30. The van der Waals surface area contributed by atoms with Crippen molar-refractivity contribution in [1.29, 1.82) is 0 Å². The van der Waals surface area contributed by atoms with Gasteiger partial charge in [-0.15, -0.1) is 0 Å². The lowest BCUT2D eigenvalue weighted by Crippen LogP contribution is -2.15. The second-order valence-corrected chi connectivity index (χ2v) is 12.6. The molecule has 0 radical (unpaired) electrons. The van der Waals surface area contributed by atoms with Gasteiger partial charge < -0.3 is 4.90 Å². The monoisotopic (exact) mass is 561 g/mol. The van der Waals surface area contributed by atoms with E-state index in [9.17, 15) is 0 Å². The maximum Gasteiger partial charge on any atom is 0.0468 e. The molecule has 0 aliphatic heterocycles. The van der Waals surface area contributed by atoms with Crippen molar-refractivity contribution in [1.82, 2.24) is 0 Å². The van der Waals surface area contributed by atoms with E-state index in [1.165, 1.54) is 65.3 Å². The summed E-state index contributed by atoms with van der Waals surface area (Å²) < 4.78 is 0. The van der Waals surface area contributed by atoms with Gasteiger partial charge in [0.2, 0.25) is 0 Å². The van der Waals surface area contributed by atoms with Crippen LogP contribution in [-0.2, 0) is 5.41 Å². The fourth-order valence-corrected chi connectivity index (χ4v) is 7.63. The average molecular weight is 562 g/mol. The normalized spacial score (nSPS) is 13.4. The molecular formula is C43H31N. The van der Waals surface area contributed by atoms with Gasteiger partial charge in [0, 0.05) is 22.5 Å². The number of fused-ring (bicyclic) bond motifs is 9. The van der Waals surface area contributed by atoms with Crippen LogP contribution in [0, 0.1) is 0 Å². The van der Waals surface area contributed by atoms with Gasteiger partial charge in [0.25, 0.3) is 0 Å². The van der Waals surface area contributed by atoms with Crippen molar-refractivity contribution in [3.63, 3.8) is 0 Å². The predicted molar refractivity (Wildman–Crippen MR) is 189 cm³/mol. The average Bonchev–Trinajstić information content (AvgIpc) is 3.31. The molecule has 0 heterocycles. The van der Waals surface area contributed by atoms with E-state index in [0.717, 1.165) is 17.1 Å². The Morgan fingerprint density at radius 1 is 0.409 bits per heavy atom. The molecule has 8 aromatic rings. The first-order valence-corrected chi connectivity index (χ1v) is 15.4. The van der Waals surface area contributed by atoms with E-state index in [-0.39, 0.29) is 5.41 Å². The Morgan fingerprint density at radius 3 is 1.57 bits per heavy atom. The van der Waals surface area contributed by atoms with Crippen molar-refractivity contribution in [2.24, 2.45) is 0 Å². The minimum atomic E-state index is -0.0912. The van der Waals surface area contributed by atoms with Crippen LogP contribution < -0.4 is 4.90 Å². The molecule has 1 aliphatic carbocycles. The Balaban J connectivity index is 1.26. The lowest BCUT2D eigenvalue weighted by molar-refractivity contribution is 0.667. The van der Waals surface area contributed by atoms with Crippen LogP contribution in [0.1, 0.15) is 25.0 Å². The summed E-state index contributed by atoms with van der Waals surface area (Å²) in [6, 6.07) is 55.9. The summed E-state index contributed by atoms with van der Waals surface area (Å²) in [5.74, 6) is 0. The predicted octanol–water partition coefficient (Wildman–Crippen LogP) is 12.1. The van der Waals surface area contributed by atoms with Gasteiger partial charge in [-0.2, -0.15) is 0 Å². The fourth-order valence-electron chi connectivity index (χ4n) is 7.63. The van der Waals surface area contributed by atoms with Crippen LogP contribution in [0.3, 0.4) is 0 Å². The summed E-state index contributed by atoms with van der Waals surface area (Å²) in [7, 11) is 0. The maximum atomic E-state index is 2.40. The van der Waals surface area contributed by atoms with Gasteiger partial charge in [0.05, 0.1) is 0 Å². The molecule has 0 saturated carbocycles. The van der Waals surface area contributed by atoms with Crippen molar-refractivity contribution < 1.29 is 0 Å². The zero-order valence-corrected chi connectivity index (χ0v) is 24.9. The van der Waals surface area contributed by atoms with Crippen LogP contribution in [0.4, 0.5) is 17.1 Å². The van der Waals surface area contributed by atoms with Gasteiger partial charge >= 0.3 is 0 Å². The standard InChI is InChI=1S/C43H31N/c1-43(2)40-24-18-30-11-7-8-14-37(30)41(40)39-22-17-33-27-36(21-23-38(33)42(39)43)44(34-19-15-28-9-3-5-12-31(28)25-34)35-20-16-29-10-4-6-13-32(29)26-35/h3-27H,1-2H3. The number of hydrogen-bond donors (Lipinski definition) is 0. The maximum absolute atomic E-state index is 2.40. The molecule has 44 heavy (non-hydrogen) atoms. The molecule has 0 aromatic heterocycles. The van der Waals surface area contributed by atoms with Crippen molar-refractivity contribution in [3.8, 4) is 11.1 Å². The zero-order valence-electron chi connectivity index (χ0n) is 24.9. The molecule has 8 aromatic carbocycles. The quantitative estimate of drug-likeness (QED) is 0.207. The minimum Gasteiger partial charge on any atom is -0.310 e. The molecule has 0 N–H and O–H groups in total. The smallest absolute Gasteiger partial charge is 0.0468 e. The molecule has 0 spiro atoms. The van der Waals surface area contributed by atoms with Crippen LogP contribution in [0.25, 0.3) is 54.2 Å². The summed E-state index contributed by atoms with van der Waals surface area (Å²) in [6.45, 7) is 4.77. The number of nitrogens with zero attached hydrogens (tertiary/aromatic N) is 1. The lowest BCUT2D eigenvalue weighted by Gasteiger charge is -2.27. The Kier molecular flexibility index (Phi) is 5.31. The highest BCUT2D eigenvalue weighted by Crippen LogP contribution is 2.54. The topological polar surface area (TPSA) is 3.24 Å². The number of anilines is 3. The van der Waals surface area contributed by atoms with E-state index in [0.29, 0.717) is 0 Å². The Labute approximate surface area is 257 Å². The van der Waals surface area contributed by atoms with E-state index < -0.39 is 0 Å². The molecule has 0 atom stereocenters. The first-order valence-electron chi connectivity index (χ1n) is 15.4. The third kappa shape index (κ3) is 3.66. The highest BCUT2D eigenvalue weighted by molar-refractivity contribution is 6.07. The van der Waals surface area contributed by atoms with E-state index in [1.807, 2.05) is 0 Å². The Morgan fingerprint density at radius 2 is 0.909 bits per heavy atom. The Hall–Kier alpha value is -5.40. The van der Waals surface area contributed by atoms with E-state index in [2.05, 4.69) is 170 Å². The summed E-state index contributed by atoms with van der Waals surface area (Å²) >= 11 is 0.